The molecule has 1 fully saturated rings. The summed E-state index contributed by atoms with van der Waals surface area (Å²) in [5.41, 5.74) is -0.360. The van der Waals surface area contributed by atoms with Crippen molar-refractivity contribution in [1.82, 2.24) is 0 Å². The number of hydrogen-bond acceptors (Lipinski definition) is 3. The lowest BCUT2D eigenvalue weighted by molar-refractivity contribution is -0.147. The van der Waals surface area contributed by atoms with Gasteiger partial charge in [-0.1, -0.05) is 13.8 Å². The smallest absolute Gasteiger partial charge is 0.329 e. The second-order valence-corrected chi connectivity index (χ2v) is 4.38. The molecule has 1 aliphatic rings. The van der Waals surface area contributed by atoms with Crippen LogP contribution in [0.3, 0.4) is 0 Å². The lowest BCUT2D eigenvalue weighted by Gasteiger charge is -2.33. The highest BCUT2D eigenvalue weighted by Crippen LogP contribution is 2.33. The van der Waals surface area contributed by atoms with E-state index in [0.29, 0.717) is 19.3 Å². The van der Waals surface area contributed by atoms with Gasteiger partial charge in [-0.3, -0.25) is 4.79 Å². The molecular formula is C10H16O4. The third-order valence-corrected chi connectivity index (χ3v) is 2.63. The van der Waals surface area contributed by atoms with Gasteiger partial charge in [-0.05, 0) is 12.8 Å². The van der Waals surface area contributed by atoms with Crippen LogP contribution in [-0.2, 0) is 14.3 Å². The fourth-order valence-electron chi connectivity index (χ4n) is 1.75. The van der Waals surface area contributed by atoms with Gasteiger partial charge in [0.25, 0.3) is 0 Å². The number of ether oxygens (including phenoxy) is 1. The molecule has 1 atom stereocenters. The largest absolute Gasteiger partial charge is 0.480 e. The summed E-state index contributed by atoms with van der Waals surface area (Å²) in [6.45, 7) is 3.49. The van der Waals surface area contributed by atoms with E-state index in [4.69, 9.17) is 9.84 Å². The van der Waals surface area contributed by atoms with Crippen molar-refractivity contribution in [2.75, 3.05) is 6.61 Å². The summed E-state index contributed by atoms with van der Waals surface area (Å²) < 4.78 is 5.18. The predicted molar refractivity (Wildman–Crippen MR) is 50.0 cm³/mol. The van der Waals surface area contributed by atoms with Crippen molar-refractivity contribution >= 4 is 11.8 Å². The minimum Gasteiger partial charge on any atom is -0.480 e. The number of carboxylic acids is 1. The third kappa shape index (κ3) is 2.80. The van der Waals surface area contributed by atoms with Crippen LogP contribution in [0.4, 0.5) is 0 Å². The topological polar surface area (TPSA) is 63.6 Å². The molecule has 0 aromatic rings. The van der Waals surface area contributed by atoms with Crippen LogP contribution in [0.15, 0.2) is 0 Å². The summed E-state index contributed by atoms with van der Waals surface area (Å²) >= 11 is 0. The van der Waals surface area contributed by atoms with Crippen molar-refractivity contribution in [2.45, 2.75) is 39.2 Å². The molecule has 0 radical (unpaired) electrons. The SMILES string of the molecule is CC1(C)CC(OCC(=O)O)CCC1=O. The minimum atomic E-state index is -0.959. The normalized spacial score (nSPS) is 26.1. The number of carbonyl (C=O) groups excluding carboxylic acids is 1. The van der Waals surface area contributed by atoms with Crippen LogP contribution in [0.25, 0.3) is 0 Å². The molecule has 1 aliphatic carbocycles. The van der Waals surface area contributed by atoms with Gasteiger partial charge < -0.3 is 9.84 Å². The highest BCUT2D eigenvalue weighted by molar-refractivity contribution is 5.84. The molecule has 80 valence electrons. The Labute approximate surface area is 83.2 Å². The number of carbonyl (C=O) groups is 2. The van der Waals surface area contributed by atoms with Gasteiger partial charge in [0.2, 0.25) is 0 Å². The van der Waals surface area contributed by atoms with Crippen LogP contribution in [0.1, 0.15) is 33.1 Å². The molecule has 1 unspecified atom stereocenters. The Hall–Kier alpha value is -0.900. The Balaban J connectivity index is 2.43. The molecule has 14 heavy (non-hydrogen) atoms. The first-order chi connectivity index (χ1) is 6.42. The maximum Gasteiger partial charge on any atom is 0.329 e. The van der Waals surface area contributed by atoms with E-state index in [1.807, 2.05) is 13.8 Å². The summed E-state index contributed by atoms with van der Waals surface area (Å²) in [4.78, 5) is 21.7. The van der Waals surface area contributed by atoms with E-state index < -0.39 is 5.97 Å². The number of hydrogen-bond donors (Lipinski definition) is 1. The lowest BCUT2D eigenvalue weighted by atomic mass is 9.75. The molecular weight excluding hydrogens is 184 g/mol. The van der Waals surface area contributed by atoms with Crippen LogP contribution in [-0.4, -0.2) is 29.6 Å². The number of aliphatic carboxylic acids is 1. The Bertz CT molecular complexity index is 245. The molecule has 0 aliphatic heterocycles. The summed E-state index contributed by atoms with van der Waals surface area (Å²) in [6.07, 6.45) is 1.69. The third-order valence-electron chi connectivity index (χ3n) is 2.63. The van der Waals surface area contributed by atoms with Crippen LogP contribution in [0, 0.1) is 5.41 Å². The van der Waals surface area contributed by atoms with E-state index in [9.17, 15) is 9.59 Å². The zero-order chi connectivity index (χ0) is 10.8. The molecule has 4 nitrogen and oxygen atoms in total. The van der Waals surface area contributed by atoms with Gasteiger partial charge in [0.05, 0.1) is 6.10 Å². The fourth-order valence-corrected chi connectivity index (χ4v) is 1.75. The number of rotatable bonds is 3. The first kappa shape index (κ1) is 11.2. The van der Waals surface area contributed by atoms with Gasteiger partial charge in [0.1, 0.15) is 12.4 Å². The van der Waals surface area contributed by atoms with Gasteiger partial charge in [0, 0.05) is 11.8 Å². The van der Waals surface area contributed by atoms with Crippen LogP contribution in [0.2, 0.25) is 0 Å². The Morgan fingerprint density at radius 2 is 2.29 bits per heavy atom. The summed E-state index contributed by atoms with van der Waals surface area (Å²) in [5, 5.41) is 8.43. The molecule has 1 saturated carbocycles. The first-order valence-corrected chi connectivity index (χ1v) is 4.78. The molecule has 0 aromatic carbocycles. The van der Waals surface area contributed by atoms with Crippen molar-refractivity contribution in [3.8, 4) is 0 Å². The van der Waals surface area contributed by atoms with Gasteiger partial charge in [-0.2, -0.15) is 0 Å². The Kier molecular flexibility index (Phi) is 3.26. The molecule has 0 saturated heterocycles. The average Bonchev–Trinajstić information content (AvgIpc) is 2.07. The summed E-state index contributed by atoms with van der Waals surface area (Å²) in [5.74, 6) is -0.715. The monoisotopic (exact) mass is 200 g/mol. The van der Waals surface area contributed by atoms with E-state index in [0.717, 1.165) is 0 Å². The van der Waals surface area contributed by atoms with Gasteiger partial charge in [-0.15, -0.1) is 0 Å². The molecule has 0 amide bonds. The van der Waals surface area contributed by atoms with E-state index in [2.05, 4.69) is 0 Å². The van der Waals surface area contributed by atoms with Gasteiger partial charge in [-0.25, -0.2) is 4.79 Å². The lowest BCUT2D eigenvalue weighted by Crippen LogP contribution is -2.36. The Morgan fingerprint density at radius 1 is 1.64 bits per heavy atom. The molecule has 0 heterocycles. The zero-order valence-corrected chi connectivity index (χ0v) is 8.58. The van der Waals surface area contributed by atoms with E-state index in [1.165, 1.54) is 0 Å². The summed E-state index contributed by atoms with van der Waals surface area (Å²) in [6, 6.07) is 0. The molecule has 4 heteroatoms. The standard InChI is InChI=1S/C10H16O4/c1-10(2)5-7(3-4-8(10)11)14-6-9(12)13/h7H,3-6H2,1-2H3,(H,12,13). The van der Waals surface area contributed by atoms with E-state index >= 15 is 0 Å². The highest BCUT2D eigenvalue weighted by Gasteiger charge is 2.35. The maximum absolute atomic E-state index is 11.4. The van der Waals surface area contributed by atoms with Crippen molar-refractivity contribution in [3.63, 3.8) is 0 Å². The van der Waals surface area contributed by atoms with Crippen molar-refractivity contribution in [3.05, 3.63) is 0 Å². The number of carboxylic acid groups (broad SMARTS) is 1. The van der Waals surface area contributed by atoms with Crippen LogP contribution < -0.4 is 0 Å². The van der Waals surface area contributed by atoms with Crippen LogP contribution in [0.5, 0.6) is 0 Å². The van der Waals surface area contributed by atoms with Crippen molar-refractivity contribution in [2.24, 2.45) is 5.41 Å². The second kappa shape index (κ2) is 4.09. The zero-order valence-electron chi connectivity index (χ0n) is 8.58. The fraction of sp³-hybridized carbons (Fsp3) is 0.800. The molecule has 1 rings (SSSR count). The number of ketones is 1. The maximum atomic E-state index is 11.4. The minimum absolute atomic E-state index is 0.0844. The van der Waals surface area contributed by atoms with E-state index in [1.54, 1.807) is 0 Å². The van der Waals surface area contributed by atoms with Crippen LogP contribution >= 0.6 is 0 Å². The average molecular weight is 200 g/mol. The molecule has 0 bridgehead atoms. The molecule has 0 spiro atoms. The predicted octanol–water partition coefficient (Wildman–Crippen LogP) is 1.24. The molecule has 1 N–H and O–H groups in total. The number of Topliss-reactive ketones (excluding diaryl/α,β-unsaturated/α-hetero) is 1. The van der Waals surface area contributed by atoms with Crippen molar-refractivity contribution in [1.29, 1.82) is 0 Å². The Morgan fingerprint density at radius 3 is 2.79 bits per heavy atom. The second-order valence-electron chi connectivity index (χ2n) is 4.38. The quantitative estimate of drug-likeness (QED) is 0.744. The molecule has 0 aromatic heterocycles. The highest BCUT2D eigenvalue weighted by atomic mass is 16.5. The van der Waals surface area contributed by atoms with E-state index in [-0.39, 0.29) is 23.9 Å². The van der Waals surface area contributed by atoms with Crippen molar-refractivity contribution < 1.29 is 19.4 Å². The first-order valence-electron chi connectivity index (χ1n) is 4.78. The van der Waals surface area contributed by atoms with Gasteiger partial charge >= 0.3 is 5.97 Å². The summed E-state index contributed by atoms with van der Waals surface area (Å²) in [7, 11) is 0. The van der Waals surface area contributed by atoms with Gasteiger partial charge in [0.15, 0.2) is 0 Å².